The lowest BCUT2D eigenvalue weighted by molar-refractivity contribution is -0.127. The second kappa shape index (κ2) is 21.5. The summed E-state index contributed by atoms with van der Waals surface area (Å²) in [5.74, 6) is -0.231. The Morgan fingerprint density at radius 1 is 1.03 bits per heavy atom. The standard InChI is InChI=1S/C21H31N3O3.C16H13NO2.C8H14N2O3S/c1-13-8-7-11-24(13)20(27)23-18(21(2,3)4)19(26)22-17-15-10-6-5-9-14(15)12-16(17)25;1-19-12-7-8-13-15(9-12)17-14(10-16(13)18)11-5-3-2-4-6-11;1-4-6(2)7(9-5-11)8(12)10-14(3)13/h5-6,9-10,13,16-18,25H,7-8,11-12H2,1-4H3,(H,22,26)(H,23,27);2-10H,1H3,(H,17,18);4-7H,1H2,2-3H3,(H,9,11)(H,10,12). The van der Waals surface area contributed by atoms with Gasteiger partial charge in [0.1, 0.15) is 28.8 Å². The van der Waals surface area contributed by atoms with E-state index in [9.17, 15) is 33.3 Å². The molecule has 1 fully saturated rings. The van der Waals surface area contributed by atoms with Gasteiger partial charge in [-0.2, -0.15) is 0 Å². The number of amides is 5. The minimum Gasteiger partial charge on any atom is -0.497 e. The largest absolute Gasteiger partial charge is 0.497 e. The Balaban J connectivity index is 0.000000211. The predicted molar refractivity (Wildman–Crippen MR) is 235 cm³/mol. The number of nitrogens with zero attached hydrogens (tertiary/aromatic N) is 1. The van der Waals surface area contributed by atoms with Gasteiger partial charge in [-0.15, -0.1) is 6.58 Å². The highest BCUT2D eigenvalue weighted by atomic mass is 32.2. The number of aliphatic hydroxyl groups is 1. The number of rotatable bonds is 11. The fourth-order valence-electron chi connectivity index (χ4n) is 7.11. The molecule has 0 saturated carbocycles. The number of hydrogen-bond donors (Lipinski definition) is 6. The van der Waals surface area contributed by atoms with E-state index in [0.29, 0.717) is 18.2 Å². The monoisotopic (exact) mass is 842 g/mol. The molecule has 0 spiro atoms. The lowest BCUT2D eigenvalue weighted by Gasteiger charge is -2.34. The summed E-state index contributed by atoms with van der Waals surface area (Å²) in [6.07, 6.45) is 5.17. The molecule has 4 aromatic rings. The summed E-state index contributed by atoms with van der Waals surface area (Å²) in [6.45, 7) is 13.8. The second-order valence-electron chi connectivity index (χ2n) is 16.0. The molecule has 1 saturated heterocycles. The van der Waals surface area contributed by atoms with E-state index in [2.05, 4.69) is 32.2 Å². The minimum atomic E-state index is -1.43. The van der Waals surface area contributed by atoms with Crippen LogP contribution in [0.3, 0.4) is 0 Å². The Labute approximate surface area is 354 Å². The number of pyridine rings is 1. The Kier molecular flexibility index (Phi) is 16.8. The van der Waals surface area contributed by atoms with Gasteiger partial charge in [0.25, 0.3) is 5.91 Å². The van der Waals surface area contributed by atoms with E-state index in [1.165, 1.54) is 6.26 Å². The van der Waals surface area contributed by atoms with Crippen molar-refractivity contribution in [3.8, 4) is 17.0 Å². The molecule has 6 rings (SSSR count). The van der Waals surface area contributed by atoms with Gasteiger partial charge in [0.05, 0.1) is 24.8 Å². The molecule has 5 amide bonds. The van der Waals surface area contributed by atoms with E-state index in [0.717, 1.165) is 53.0 Å². The number of carbonyl (C=O) groups is 4. The first-order valence-corrected chi connectivity index (χ1v) is 21.4. The Bertz CT molecular complexity index is 2210. The number of H-pyrrole nitrogens is 1. The van der Waals surface area contributed by atoms with Crippen LogP contribution in [-0.2, 0) is 31.8 Å². The number of aromatic amines is 1. The van der Waals surface area contributed by atoms with Crippen LogP contribution in [0, 0.1) is 11.3 Å². The topological polar surface area (TPSA) is 199 Å². The zero-order chi connectivity index (χ0) is 44.1. The van der Waals surface area contributed by atoms with Crippen LogP contribution in [0.1, 0.15) is 64.6 Å². The van der Waals surface area contributed by atoms with Crippen LogP contribution in [0.15, 0.2) is 96.3 Å². The van der Waals surface area contributed by atoms with E-state index >= 15 is 0 Å². The van der Waals surface area contributed by atoms with Crippen molar-refractivity contribution in [2.75, 3.05) is 19.9 Å². The highest BCUT2D eigenvalue weighted by Crippen LogP contribution is 2.32. The number of nitrogens with one attached hydrogen (secondary N) is 5. The lowest BCUT2D eigenvalue weighted by atomic mass is 9.86. The first-order chi connectivity index (χ1) is 28.5. The molecule has 6 N–H and O–H groups in total. The van der Waals surface area contributed by atoms with Crippen molar-refractivity contribution in [1.29, 1.82) is 0 Å². The summed E-state index contributed by atoms with van der Waals surface area (Å²) in [4.78, 5) is 64.6. The first kappa shape index (κ1) is 46.9. The maximum absolute atomic E-state index is 13.1. The summed E-state index contributed by atoms with van der Waals surface area (Å²) in [6, 6.07) is 22.7. The third-order valence-corrected chi connectivity index (χ3v) is 11.0. The molecular weight excluding hydrogens is 785 g/mol. The van der Waals surface area contributed by atoms with Crippen LogP contribution in [-0.4, -0.2) is 87.6 Å². The molecule has 322 valence electrons. The summed E-state index contributed by atoms with van der Waals surface area (Å²) in [7, 11) is 0.183. The highest BCUT2D eigenvalue weighted by molar-refractivity contribution is 7.82. The van der Waals surface area contributed by atoms with Gasteiger partial charge in [-0.3, -0.25) is 23.9 Å². The van der Waals surface area contributed by atoms with E-state index in [4.69, 9.17) is 4.74 Å². The smallest absolute Gasteiger partial charge is 0.318 e. The van der Waals surface area contributed by atoms with Gasteiger partial charge in [-0.1, -0.05) is 88.4 Å². The molecule has 15 heteroatoms. The summed E-state index contributed by atoms with van der Waals surface area (Å²) in [5.41, 5.74) is 4.14. The number of aromatic nitrogens is 1. The third-order valence-electron chi connectivity index (χ3n) is 10.5. The van der Waals surface area contributed by atoms with Crippen molar-refractivity contribution in [2.24, 2.45) is 11.3 Å². The molecule has 0 bridgehead atoms. The van der Waals surface area contributed by atoms with E-state index in [-0.39, 0.29) is 29.3 Å². The summed E-state index contributed by atoms with van der Waals surface area (Å²) < 4.78 is 18.1. The van der Waals surface area contributed by atoms with E-state index in [1.807, 2.05) is 88.4 Å². The molecule has 60 heavy (non-hydrogen) atoms. The average molecular weight is 843 g/mol. The Morgan fingerprint density at radius 3 is 2.32 bits per heavy atom. The van der Waals surface area contributed by atoms with Crippen LogP contribution >= 0.6 is 0 Å². The number of urea groups is 1. The molecule has 14 nitrogen and oxygen atoms in total. The summed E-state index contributed by atoms with van der Waals surface area (Å²) in [5, 5.41) is 19.3. The van der Waals surface area contributed by atoms with Crippen LogP contribution in [0.5, 0.6) is 5.75 Å². The molecule has 1 aliphatic heterocycles. The van der Waals surface area contributed by atoms with Crippen LogP contribution in [0.2, 0.25) is 0 Å². The zero-order valence-electron chi connectivity index (χ0n) is 35.3. The molecule has 7 atom stereocenters. The number of benzene rings is 3. The maximum atomic E-state index is 13.1. The Hall–Kier alpha value is -5.80. The van der Waals surface area contributed by atoms with Gasteiger partial charge in [-0.25, -0.2) is 9.00 Å². The second-order valence-corrected chi connectivity index (χ2v) is 17.1. The zero-order valence-corrected chi connectivity index (χ0v) is 36.1. The number of fused-ring (bicyclic) bond motifs is 2. The van der Waals surface area contributed by atoms with Crippen LogP contribution in [0.25, 0.3) is 22.2 Å². The molecule has 3 aromatic carbocycles. The minimum absolute atomic E-state index is 0.00950. The van der Waals surface area contributed by atoms with Crippen LogP contribution < -0.4 is 30.8 Å². The van der Waals surface area contributed by atoms with Crippen molar-refractivity contribution in [2.45, 2.75) is 84.2 Å². The molecule has 7 unspecified atom stereocenters. The van der Waals surface area contributed by atoms with Crippen molar-refractivity contribution in [3.63, 3.8) is 0 Å². The maximum Gasteiger partial charge on any atom is 0.318 e. The van der Waals surface area contributed by atoms with Crippen LogP contribution in [0.4, 0.5) is 4.79 Å². The van der Waals surface area contributed by atoms with Gasteiger partial charge in [0.2, 0.25) is 12.3 Å². The highest BCUT2D eigenvalue weighted by Gasteiger charge is 2.39. The fraction of sp³-hybridized carbons (Fsp3) is 0.400. The van der Waals surface area contributed by atoms with Gasteiger partial charge >= 0.3 is 6.03 Å². The summed E-state index contributed by atoms with van der Waals surface area (Å²) >= 11 is 0. The number of hydrogen-bond acceptors (Lipinski definition) is 8. The van der Waals surface area contributed by atoms with Crippen molar-refractivity contribution < 1.29 is 33.2 Å². The van der Waals surface area contributed by atoms with E-state index < -0.39 is 46.5 Å². The molecule has 2 aliphatic rings. The fourth-order valence-corrected chi connectivity index (χ4v) is 7.52. The Morgan fingerprint density at radius 2 is 1.72 bits per heavy atom. The van der Waals surface area contributed by atoms with Gasteiger partial charge < -0.3 is 35.7 Å². The van der Waals surface area contributed by atoms with Gasteiger partial charge in [0, 0.05) is 54.4 Å². The van der Waals surface area contributed by atoms with Gasteiger partial charge in [-0.05, 0) is 54.0 Å². The number of likely N-dealkylation sites (tertiary alicyclic amines) is 1. The lowest BCUT2D eigenvalue weighted by Crippen LogP contribution is -2.57. The van der Waals surface area contributed by atoms with E-state index in [1.54, 1.807) is 43.2 Å². The number of aliphatic hydroxyl groups excluding tert-OH is 1. The molecule has 2 heterocycles. The predicted octanol–water partition coefficient (Wildman–Crippen LogP) is 4.91. The number of carbonyl (C=O) groups excluding carboxylic acids is 4. The van der Waals surface area contributed by atoms with Crippen molar-refractivity contribution >= 4 is 46.1 Å². The molecule has 1 aromatic heterocycles. The third kappa shape index (κ3) is 12.4. The number of methoxy groups -OCH3 is 1. The van der Waals surface area contributed by atoms with Crippen molar-refractivity contribution in [1.82, 2.24) is 30.6 Å². The molecular formula is C45H58N6O8S. The number of ether oxygens (including phenoxy) is 1. The van der Waals surface area contributed by atoms with Gasteiger partial charge in [0.15, 0.2) is 5.43 Å². The molecule has 0 radical (unpaired) electrons. The first-order valence-electron chi connectivity index (χ1n) is 19.8. The van der Waals surface area contributed by atoms with Crippen molar-refractivity contribution in [3.05, 3.63) is 113 Å². The SMILES string of the molecule is C=CC(C)C(NC=O)C(=O)NS(C)=O.CC1CCCN1C(=O)NC(C(=O)NC1c2ccccc2CC1O)C(C)(C)C.COc1ccc2c(=O)cc(-c3ccccc3)[nH]c2c1. The molecule has 1 aliphatic carbocycles. The average Bonchev–Trinajstić information content (AvgIpc) is 3.79. The quantitative estimate of drug-likeness (QED) is 0.0905. The normalized spacial score (nSPS) is 18.7.